The van der Waals surface area contributed by atoms with E-state index >= 15 is 0 Å². The van der Waals surface area contributed by atoms with Crippen molar-refractivity contribution in [1.29, 1.82) is 0 Å². The van der Waals surface area contributed by atoms with Gasteiger partial charge in [0.25, 0.3) is 5.91 Å². The highest BCUT2D eigenvalue weighted by atomic mass is 35.5. The highest BCUT2D eigenvalue weighted by Gasteiger charge is 2.51. The minimum Gasteiger partial charge on any atom is -0.490 e. The predicted molar refractivity (Wildman–Crippen MR) is 228 cm³/mol. The lowest BCUT2D eigenvalue weighted by Gasteiger charge is -2.53. The molecule has 316 valence electrons. The number of fused-ring (bicyclic) bond motifs is 5. The number of hydrogen-bond acceptors (Lipinski definition) is 9. The SMILES string of the molecule is CCO[C@@]1(CN2CCN3CCOC[C@@H]3C2)/C=C\C[C@H](C)[C@@H](CC2CCC2)S(=O)(=O)NC(=O)c2ccc3c(c2)N(C[C@@H]2CC[C@H]21)C[C@@]1(CCCc2cc(Cl)ccc21)CO3. The number of piperazine rings is 1. The molecule has 1 spiro atoms. The molecule has 2 aromatic rings. The minimum atomic E-state index is -4.00. The van der Waals surface area contributed by atoms with Crippen LogP contribution in [-0.4, -0.2) is 113 Å². The Morgan fingerprint density at radius 3 is 2.71 bits per heavy atom. The highest BCUT2D eigenvalue weighted by molar-refractivity contribution is 7.90. The molecule has 1 N–H and O–H groups in total. The van der Waals surface area contributed by atoms with Crippen LogP contribution in [0.5, 0.6) is 5.75 Å². The number of amides is 1. The van der Waals surface area contributed by atoms with Crippen LogP contribution in [0.25, 0.3) is 0 Å². The molecule has 4 heterocycles. The Kier molecular flexibility index (Phi) is 11.7. The number of hydrogen-bond donors (Lipinski definition) is 1. The zero-order valence-corrected chi connectivity index (χ0v) is 36.1. The van der Waals surface area contributed by atoms with Crippen molar-refractivity contribution < 1.29 is 27.4 Å². The van der Waals surface area contributed by atoms with E-state index in [2.05, 4.69) is 50.6 Å². The average Bonchev–Trinajstić information content (AvgIpc) is 3.32. The lowest BCUT2D eigenvalue weighted by molar-refractivity contribution is -0.121. The van der Waals surface area contributed by atoms with Crippen LogP contribution in [-0.2, 0) is 31.3 Å². The van der Waals surface area contributed by atoms with E-state index in [1.807, 2.05) is 25.1 Å². The van der Waals surface area contributed by atoms with Crippen molar-refractivity contribution >= 4 is 33.2 Å². The summed E-state index contributed by atoms with van der Waals surface area (Å²) in [5.74, 6) is 0.925. The summed E-state index contributed by atoms with van der Waals surface area (Å²) < 4.78 is 51.1. The number of allylic oxidation sites excluding steroid dienone is 1. The fourth-order valence-electron chi connectivity index (χ4n) is 11.7. The lowest BCUT2D eigenvalue weighted by Crippen LogP contribution is -2.62. The van der Waals surface area contributed by atoms with E-state index in [0.717, 1.165) is 127 Å². The van der Waals surface area contributed by atoms with Crippen LogP contribution < -0.4 is 14.4 Å². The Hall–Kier alpha value is -2.67. The third kappa shape index (κ3) is 7.97. The summed E-state index contributed by atoms with van der Waals surface area (Å²) in [7, 11) is -4.00. The molecule has 7 atom stereocenters. The van der Waals surface area contributed by atoms with Crippen molar-refractivity contribution in [2.75, 3.05) is 77.1 Å². The van der Waals surface area contributed by atoms with Crippen LogP contribution >= 0.6 is 11.6 Å². The van der Waals surface area contributed by atoms with Crippen LogP contribution in [0.1, 0.15) is 93.1 Å². The number of anilines is 1. The van der Waals surface area contributed by atoms with Crippen molar-refractivity contribution in [2.45, 2.75) is 100 Å². The molecule has 0 radical (unpaired) electrons. The van der Waals surface area contributed by atoms with Gasteiger partial charge in [0.2, 0.25) is 10.0 Å². The molecular formula is C46H63ClN4O6S. The van der Waals surface area contributed by atoms with E-state index in [0.29, 0.717) is 49.5 Å². The molecular weight excluding hydrogens is 772 g/mol. The summed E-state index contributed by atoms with van der Waals surface area (Å²) in [5, 5.41) is 0.0700. The number of carbonyl (C=O) groups is 1. The van der Waals surface area contributed by atoms with Gasteiger partial charge in [-0.05, 0) is 117 Å². The topological polar surface area (TPSA) is 101 Å². The Labute approximate surface area is 351 Å². The molecule has 2 aromatic carbocycles. The van der Waals surface area contributed by atoms with Gasteiger partial charge in [-0.15, -0.1) is 0 Å². The van der Waals surface area contributed by atoms with E-state index in [4.69, 9.17) is 25.8 Å². The summed E-state index contributed by atoms with van der Waals surface area (Å²) in [6.45, 7) is 13.1. The van der Waals surface area contributed by atoms with E-state index in [1.165, 1.54) is 11.1 Å². The number of sulfonamides is 1. The van der Waals surface area contributed by atoms with E-state index in [9.17, 15) is 13.2 Å². The molecule has 7 aliphatic rings. The van der Waals surface area contributed by atoms with Gasteiger partial charge in [-0.25, -0.2) is 13.1 Å². The number of nitrogens with one attached hydrogen (secondary N) is 1. The van der Waals surface area contributed by atoms with E-state index in [-0.39, 0.29) is 17.3 Å². The Balaban J connectivity index is 1.12. The number of benzene rings is 2. The molecule has 4 aliphatic heterocycles. The number of aryl methyl sites for hydroxylation is 1. The Morgan fingerprint density at radius 2 is 1.91 bits per heavy atom. The minimum absolute atomic E-state index is 0.185. The van der Waals surface area contributed by atoms with E-state index in [1.54, 1.807) is 6.07 Å². The van der Waals surface area contributed by atoms with Gasteiger partial charge in [0.1, 0.15) is 11.4 Å². The van der Waals surface area contributed by atoms with Crippen LogP contribution in [0.15, 0.2) is 48.6 Å². The normalized spacial score (nSPS) is 34.9. The second kappa shape index (κ2) is 16.7. The molecule has 0 aromatic heterocycles. The Bertz CT molecular complexity index is 1980. The van der Waals surface area contributed by atoms with Crippen LogP contribution in [0.4, 0.5) is 5.69 Å². The van der Waals surface area contributed by atoms with Gasteiger partial charge in [0.15, 0.2) is 0 Å². The summed E-state index contributed by atoms with van der Waals surface area (Å²) in [6, 6.07) is 12.2. The van der Waals surface area contributed by atoms with Crippen molar-refractivity contribution in [3.63, 3.8) is 0 Å². The summed E-state index contributed by atoms with van der Waals surface area (Å²) in [6.07, 6.45) is 14.1. The van der Waals surface area contributed by atoms with Gasteiger partial charge in [0.05, 0.1) is 30.8 Å². The quantitative estimate of drug-likeness (QED) is 0.314. The number of halogens is 1. The van der Waals surface area contributed by atoms with Gasteiger partial charge < -0.3 is 19.1 Å². The molecule has 0 unspecified atom stereocenters. The van der Waals surface area contributed by atoms with Gasteiger partial charge in [-0.2, -0.15) is 0 Å². The standard InChI is InChI=1S/C46H63ClN4O6S/c1-3-57-46(30-49-19-20-50-21-22-55-28-38(50)27-49)18-5-7-32(2)43(23-33-8-4-9-33)58(53,54)48-44(52)35-12-16-42-41(25-35)51(26-36-11-14-40(36)46)29-45(31-56-42)17-6-10-34-24-37(47)13-15-39(34)45/h5,12-13,15-16,18,24-25,32-33,36,38,40,43H,3-4,6-11,14,17,19-23,26-31H2,1-2H3,(H,48,52)/b18-5-/t32-,36-,38-,40+,43+,45-,46+/m0/s1. The van der Waals surface area contributed by atoms with Gasteiger partial charge in [-0.1, -0.05) is 56.0 Å². The van der Waals surface area contributed by atoms with Crippen LogP contribution in [0, 0.1) is 23.7 Å². The first kappa shape index (κ1) is 40.7. The van der Waals surface area contributed by atoms with Gasteiger partial charge in [0, 0.05) is 74.5 Å². The second-order valence-electron chi connectivity index (χ2n) is 18.8. The van der Waals surface area contributed by atoms with Crippen LogP contribution in [0.2, 0.25) is 5.02 Å². The number of carbonyl (C=O) groups excluding carboxylic acids is 1. The summed E-state index contributed by atoms with van der Waals surface area (Å²) in [5.41, 5.74) is 2.95. The molecule has 12 heteroatoms. The third-order valence-electron chi connectivity index (χ3n) is 15.2. The fraction of sp³-hybridized carbons (Fsp3) is 0.674. The molecule has 4 fully saturated rings. The molecule has 1 amide bonds. The average molecular weight is 836 g/mol. The highest BCUT2D eigenvalue weighted by Crippen LogP contribution is 2.50. The molecule has 2 saturated carbocycles. The maximum absolute atomic E-state index is 14.3. The number of ether oxygens (including phenoxy) is 3. The summed E-state index contributed by atoms with van der Waals surface area (Å²) in [4.78, 5) is 21.7. The van der Waals surface area contributed by atoms with Crippen molar-refractivity contribution in [1.82, 2.24) is 14.5 Å². The first-order chi connectivity index (χ1) is 28.0. The van der Waals surface area contributed by atoms with Crippen molar-refractivity contribution in [3.05, 3.63) is 70.3 Å². The monoisotopic (exact) mass is 834 g/mol. The smallest absolute Gasteiger partial charge is 0.264 e. The van der Waals surface area contributed by atoms with Gasteiger partial charge >= 0.3 is 0 Å². The zero-order chi connectivity index (χ0) is 40.1. The molecule has 58 heavy (non-hydrogen) atoms. The number of nitrogens with zero attached hydrogens (tertiary/aromatic N) is 3. The van der Waals surface area contributed by atoms with Crippen LogP contribution in [0.3, 0.4) is 0 Å². The summed E-state index contributed by atoms with van der Waals surface area (Å²) >= 11 is 6.55. The lowest BCUT2D eigenvalue weighted by atomic mass is 9.63. The first-order valence-electron chi connectivity index (χ1n) is 22.3. The first-order valence-corrected chi connectivity index (χ1v) is 24.2. The predicted octanol–water partition coefficient (Wildman–Crippen LogP) is 6.85. The largest absolute Gasteiger partial charge is 0.490 e. The maximum atomic E-state index is 14.3. The van der Waals surface area contributed by atoms with E-state index < -0.39 is 26.8 Å². The maximum Gasteiger partial charge on any atom is 0.264 e. The molecule has 2 bridgehead atoms. The fourth-order valence-corrected chi connectivity index (χ4v) is 13.6. The molecule has 9 rings (SSSR count). The second-order valence-corrected chi connectivity index (χ2v) is 21.1. The van der Waals surface area contributed by atoms with Crippen molar-refractivity contribution in [2.24, 2.45) is 23.7 Å². The van der Waals surface area contributed by atoms with Crippen molar-refractivity contribution in [3.8, 4) is 5.75 Å². The molecule has 3 aliphatic carbocycles. The third-order valence-corrected chi connectivity index (χ3v) is 17.3. The molecule has 2 saturated heterocycles. The Morgan fingerprint density at radius 1 is 1.03 bits per heavy atom. The number of rotatable bonds is 6. The zero-order valence-electron chi connectivity index (χ0n) is 34.5. The number of morpholine rings is 1. The molecule has 10 nitrogen and oxygen atoms in total. The van der Waals surface area contributed by atoms with Gasteiger partial charge in [-0.3, -0.25) is 14.6 Å².